The Balaban J connectivity index is 1.89. The highest BCUT2D eigenvalue weighted by atomic mass is 16.3. The summed E-state index contributed by atoms with van der Waals surface area (Å²) < 4.78 is 0. The number of phenols is 4. The van der Waals surface area contributed by atoms with Gasteiger partial charge in [-0.1, -0.05) is 6.07 Å². The number of hydrogen-bond acceptors (Lipinski definition) is 7. The van der Waals surface area contributed by atoms with Crippen molar-refractivity contribution in [2.75, 3.05) is 13.2 Å². The van der Waals surface area contributed by atoms with Crippen LogP contribution in [0.3, 0.4) is 0 Å². The number of benzene rings is 2. The van der Waals surface area contributed by atoms with Crippen LogP contribution in [-0.4, -0.2) is 56.5 Å². The fourth-order valence-corrected chi connectivity index (χ4v) is 2.28. The average molecular weight is 376 g/mol. The van der Waals surface area contributed by atoms with E-state index in [-0.39, 0.29) is 29.4 Å². The van der Waals surface area contributed by atoms with Crippen LogP contribution in [0.1, 0.15) is 15.9 Å². The van der Waals surface area contributed by atoms with Crippen molar-refractivity contribution in [3.8, 4) is 23.0 Å². The number of phenolic OH excluding ortho intramolecular Hbond substituents is 4. The molecule has 0 radical (unpaired) electrons. The molecule has 0 aliphatic rings. The van der Waals surface area contributed by atoms with Crippen molar-refractivity contribution in [2.24, 2.45) is 0 Å². The molecular formula is C18H20N2O7. The third kappa shape index (κ3) is 5.25. The third-order valence-corrected chi connectivity index (χ3v) is 3.79. The Bertz CT molecular complexity index is 838. The number of carbonyl (C=O) groups is 2. The molecule has 0 saturated carbocycles. The van der Waals surface area contributed by atoms with E-state index in [1.165, 1.54) is 18.2 Å². The van der Waals surface area contributed by atoms with Crippen molar-refractivity contribution in [1.82, 2.24) is 10.6 Å². The Morgan fingerprint density at radius 2 is 1.52 bits per heavy atom. The highest BCUT2D eigenvalue weighted by Crippen LogP contribution is 2.25. The van der Waals surface area contributed by atoms with E-state index < -0.39 is 30.2 Å². The van der Waals surface area contributed by atoms with Crippen LogP contribution in [-0.2, 0) is 11.2 Å². The quantitative estimate of drug-likeness (QED) is 0.334. The minimum absolute atomic E-state index is 0.0103. The van der Waals surface area contributed by atoms with Crippen LogP contribution in [0.4, 0.5) is 0 Å². The second-order valence-electron chi connectivity index (χ2n) is 5.78. The second kappa shape index (κ2) is 8.77. The Morgan fingerprint density at radius 1 is 0.889 bits per heavy atom. The molecule has 0 heterocycles. The molecule has 2 rings (SSSR count). The van der Waals surface area contributed by atoms with E-state index in [1.54, 1.807) is 6.07 Å². The predicted molar refractivity (Wildman–Crippen MR) is 94.6 cm³/mol. The topological polar surface area (TPSA) is 159 Å². The van der Waals surface area contributed by atoms with Gasteiger partial charge in [0.15, 0.2) is 23.0 Å². The lowest BCUT2D eigenvalue weighted by Crippen LogP contribution is -2.49. The van der Waals surface area contributed by atoms with E-state index in [2.05, 4.69) is 10.6 Å². The molecule has 2 aromatic carbocycles. The first-order valence-corrected chi connectivity index (χ1v) is 8.04. The summed E-state index contributed by atoms with van der Waals surface area (Å²) in [6.07, 6.45) is 0.359. The van der Waals surface area contributed by atoms with Gasteiger partial charge in [0.25, 0.3) is 5.91 Å². The number of hydrogen-bond donors (Lipinski definition) is 7. The minimum atomic E-state index is -1.21. The largest absolute Gasteiger partial charge is 0.504 e. The first-order valence-electron chi connectivity index (χ1n) is 8.04. The van der Waals surface area contributed by atoms with Gasteiger partial charge >= 0.3 is 0 Å². The zero-order valence-electron chi connectivity index (χ0n) is 14.2. The summed E-state index contributed by atoms with van der Waals surface area (Å²) in [4.78, 5) is 24.2. The molecule has 0 unspecified atom stereocenters. The molecule has 2 aromatic rings. The molecule has 0 fully saturated rings. The van der Waals surface area contributed by atoms with E-state index in [0.717, 1.165) is 12.1 Å². The summed E-state index contributed by atoms with van der Waals surface area (Å²) in [5.41, 5.74) is 0.686. The standard InChI is InChI=1S/C18H20N2O7/c21-9-12(20-17(26)11-2-4-14(23)16(25)8-11)18(27)19-6-5-10-1-3-13(22)15(24)7-10/h1-4,7-8,12,21-25H,5-6,9H2,(H,19,27)(H,20,26)/t12-/m0/s1. The van der Waals surface area contributed by atoms with Crippen LogP contribution in [0.2, 0.25) is 0 Å². The van der Waals surface area contributed by atoms with E-state index in [0.29, 0.717) is 12.0 Å². The summed E-state index contributed by atoms with van der Waals surface area (Å²) in [6, 6.07) is 6.50. The van der Waals surface area contributed by atoms with Crippen molar-refractivity contribution < 1.29 is 35.1 Å². The van der Waals surface area contributed by atoms with E-state index in [4.69, 9.17) is 0 Å². The number of aliphatic hydroxyl groups excluding tert-OH is 1. The molecule has 0 saturated heterocycles. The summed E-state index contributed by atoms with van der Waals surface area (Å²) in [7, 11) is 0. The summed E-state index contributed by atoms with van der Waals surface area (Å²) in [5, 5.41) is 51.6. The molecule has 9 nitrogen and oxygen atoms in total. The highest BCUT2D eigenvalue weighted by molar-refractivity contribution is 5.98. The van der Waals surface area contributed by atoms with Gasteiger partial charge < -0.3 is 36.2 Å². The Kier molecular flexibility index (Phi) is 6.45. The fraction of sp³-hybridized carbons (Fsp3) is 0.222. The minimum Gasteiger partial charge on any atom is -0.504 e. The number of rotatable bonds is 7. The fourth-order valence-electron chi connectivity index (χ4n) is 2.28. The van der Waals surface area contributed by atoms with Gasteiger partial charge in [-0.15, -0.1) is 0 Å². The van der Waals surface area contributed by atoms with Gasteiger partial charge in [-0.2, -0.15) is 0 Å². The van der Waals surface area contributed by atoms with Gasteiger partial charge in [0, 0.05) is 12.1 Å². The maximum atomic E-state index is 12.1. The lowest BCUT2D eigenvalue weighted by molar-refractivity contribution is -0.123. The van der Waals surface area contributed by atoms with Gasteiger partial charge in [-0.25, -0.2) is 0 Å². The zero-order valence-corrected chi connectivity index (χ0v) is 14.2. The molecule has 0 bridgehead atoms. The molecule has 2 amide bonds. The van der Waals surface area contributed by atoms with E-state index in [9.17, 15) is 35.1 Å². The molecule has 0 spiro atoms. The van der Waals surface area contributed by atoms with Crippen LogP contribution < -0.4 is 10.6 Å². The molecule has 9 heteroatoms. The van der Waals surface area contributed by atoms with Crippen LogP contribution in [0.25, 0.3) is 0 Å². The molecule has 1 atom stereocenters. The Hall–Kier alpha value is -3.46. The van der Waals surface area contributed by atoms with Crippen molar-refractivity contribution in [2.45, 2.75) is 12.5 Å². The molecule has 7 N–H and O–H groups in total. The van der Waals surface area contributed by atoms with Crippen LogP contribution in [0, 0.1) is 0 Å². The molecule has 27 heavy (non-hydrogen) atoms. The van der Waals surface area contributed by atoms with E-state index in [1.807, 2.05) is 0 Å². The normalized spacial score (nSPS) is 11.6. The van der Waals surface area contributed by atoms with Gasteiger partial charge in [0.05, 0.1) is 6.61 Å². The van der Waals surface area contributed by atoms with Crippen LogP contribution in [0.15, 0.2) is 36.4 Å². The maximum Gasteiger partial charge on any atom is 0.252 e. The lowest BCUT2D eigenvalue weighted by atomic mass is 10.1. The van der Waals surface area contributed by atoms with Crippen LogP contribution >= 0.6 is 0 Å². The molecule has 144 valence electrons. The number of aliphatic hydroxyl groups is 1. The van der Waals surface area contributed by atoms with Crippen LogP contribution in [0.5, 0.6) is 23.0 Å². The third-order valence-electron chi connectivity index (χ3n) is 3.79. The summed E-state index contributed by atoms with van der Waals surface area (Å²) in [5.74, 6) is -2.70. The van der Waals surface area contributed by atoms with Crippen molar-refractivity contribution >= 4 is 11.8 Å². The summed E-state index contributed by atoms with van der Waals surface area (Å²) >= 11 is 0. The number of nitrogens with one attached hydrogen (secondary N) is 2. The van der Waals surface area contributed by atoms with Gasteiger partial charge in [-0.3, -0.25) is 9.59 Å². The first kappa shape index (κ1) is 19.9. The molecular weight excluding hydrogens is 356 g/mol. The van der Waals surface area contributed by atoms with Gasteiger partial charge in [0.2, 0.25) is 5.91 Å². The number of aromatic hydroxyl groups is 4. The van der Waals surface area contributed by atoms with Gasteiger partial charge in [-0.05, 0) is 42.3 Å². The predicted octanol–water partition coefficient (Wildman–Crippen LogP) is -0.0414. The number of amides is 2. The maximum absolute atomic E-state index is 12.1. The molecule has 0 aliphatic heterocycles. The lowest BCUT2D eigenvalue weighted by Gasteiger charge is -2.16. The highest BCUT2D eigenvalue weighted by Gasteiger charge is 2.20. The van der Waals surface area contributed by atoms with Crippen molar-refractivity contribution in [3.63, 3.8) is 0 Å². The van der Waals surface area contributed by atoms with E-state index >= 15 is 0 Å². The smallest absolute Gasteiger partial charge is 0.252 e. The first-order chi connectivity index (χ1) is 12.8. The van der Waals surface area contributed by atoms with Crippen molar-refractivity contribution in [3.05, 3.63) is 47.5 Å². The zero-order chi connectivity index (χ0) is 20.0. The number of carbonyl (C=O) groups excluding carboxylic acids is 2. The SMILES string of the molecule is O=C(N[C@@H](CO)C(=O)NCCc1ccc(O)c(O)c1)c1ccc(O)c(O)c1. The second-order valence-corrected chi connectivity index (χ2v) is 5.78. The molecule has 0 aliphatic carbocycles. The Labute approximate surface area is 154 Å². The monoisotopic (exact) mass is 376 g/mol. The molecule has 0 aromatic heterocycles. The Morgan fingerprint density at radius 3 is 2.11 bits per heavy atom. The average Bonchev–Trinajstić information content (AvgIpc) is 2.64. The van der Waals surface area contributed by atoms with Gasteiger partial charge in [0.1, 0.15) is 6.04 Å². The summed E-state index contributed by atoms with van der Waals surface area (Å²) in [6.45, 7) is -0.461. The van der Waals surface area contributed by atoms with Crippen molar-refractivity contribution in [1.29, 1.82) is 0 Å².